The van der Waals surface area contributed by atoms with Crippen molar-refractivity contribution in [3.63, 3.8) is 0 Å². The molecule has 0 aliphatic carbocycles. The van der Waals surface area contributed by atoms with Crippen molar-refractivity contribution in [2.45, 2.75) is 12.5 Å². The van der Waals surface area contributed by atoms with Gasteiger partial charge in [-0.2, -0.15) is 0 Å². The normalized spacial score (nSPS) is 25.3. The van der Waals surface area contributed by atoms with Gasteiger partial charge < -0.3 is 16.0 Å². The van der Waals surface area contributed by atoms with Crippen LogP contribution in [0.1, 0.15) is 6.42 Å². The number of hydrogen-bond acceptors (Lipinski definition) is 3. The summed E-state index contributed by atoms with van der Waals surface area (Å²) in [6.07, 6.45) is 0.410. The lowest BCUT2D eigenvalue weighted by molar-refractivity contribution is -0.123. The number of carbonyl (C=O) groups is 2. The summed E-state index contributed by atoms with van der Waals surface area (Å²) in [6, 6.07) is 7.13. The molecule has 2 aliphatic rings. The van der Waals surface area contributed by atoms with Crippen LogP contribution in [0.25, 0.3) is 0 Å². The smallest absolute Gasteiger partial charge is 0.247 e. The molecule has 0 saturated carbocycles. The molecular formula is C12H14ClN3O2. The van der Waals surface area contributed by atoms with Crippen molar-refractivity contribution in [1.29, 1.82) is 0 Å². The summed E-state index contributed by atoms with van der Waals surface area (Å²) in [7, 11) is 0. The van der Waals surface area contributed by atoms with E-state index in [0.29, 0.717) is 13.0 Å². The van der Waals surface area contributed by atoms with Crippen LogP contribution in [0, 0.1) is 5.92 Å². The average molecular weight is 268 g/mol. The lowest BCUT2D eigenvalue weighted by Crippen LogP contribution is -2.43. The second-order valence-electron chi connectivity index (χ2n) is 4.43. The van der Waals surface area contributed by atoms with Gasteiger partial charge in [-0.3, -0.25) is 9.59 Å². The van der Waals surface area contributed by atoms with Gasteiger partial charge in [0.1, 0.15) is 6.04 Å². The number of amides is 2. The Morgan fingerprint density at radius 3 is 2.61 bits per heavy atom. The maximum absolute atomic E-state index is 12.0. The first kappa shape index (κ1) is 12.7. The predicted molar refractivity (Wildman–Crippen MR) is 70.8 cm³/mol. The highest BCUT2D eigenvalue weighted by Gasteiger charge is 2.38. The van der Waals surface area contributed by atoms with Crippen LogP contribution in [0.4, 0.5) is 11.4 Å². The summed E-state index contributed by atoms with van der Waals surface area (Å²) in [4.78, 5) is 23.3. The summed E-state index contributed by atoms with van der Waals surface area (Å²) in [6.45, 7) is 0.633. The molecule has 1 fully saturated rings. The molecular weight excluding hydrogens is 254 g/mol. The minimum absolute atomic E-state index is 0. The lowest BCUT2D eigenvalue weighted by atomic mass is 9.98. The Labute approximate surface area is 111 Å². The number of para-hydroxylation sites is 2. The van der Waals surface area contributed by atoms with E-state index < -0.39 is 6.04 Å². The van der Waals surface area contributed by atoms with Crippen molar-refractivity contribution in [2.24, 2.45) is 5.92 Å². The number of rotatable bonds is 0. The van der Waals surface area contributed by atoms with Crippen molar-refractivity contribution in [2.75, 3.05) is 17.2 Å². The van der Waals surface area contributed by atoms with E-state index >= 15 is 0 Å². The zero-order chi connectivity index (χ0) is 11.8. The van der Waals surface area contributed by atoms with Crippen LogP contribution < -0.4 is 16.0 Å². The van der Waals surface area contributed by atoms with E-state index in [0.717, 1.165) is 11.4 Å². The molecule has 2 heterocycles. The molecule has 18 heavy (non-hydrogen) atoms. The molecule has 0 aromatic heterocycles. The van der Waals surface area contributed by atoms with Crippen molar-refractivity contribution in [3.8, 4) is 0 Å². The first-order valence-electron chi connectivity index (χ1n) is 5.67. The van der Waals surface area contributed by atoms with E-state index in [1.54, 1.807) is 0 Å². The highest BCUT2D eigenvalue weighted by atomic mass is 35.5. The lowest BCUT2D eigenvalue weighted by Gasteiger charge is -2.24. The van der Waals surface area contributed by atoms with Gasteiger partial charge in [0.25, 0.3) is 0 Å². The van der Waals surface area contributed by atoms with Gasteiger partial charge in [0.05, 0.1) is 11.4 Å². The van der Waals surface area contributed by atoms with Gasteiger partial charge in [0, 0.05) is 18.9 Å². The molecule has 0 radical (unpaired) electrons. The van der Waals surface area contributed by atoms with E-state index in [1.807, 2.05) is 24.3 Å². The van der Waals surface area contributed by atoms with Crippen molar-refractivity contribution in [3.05, 3.63) is 24.3 Å². The summed E-state index contributed by atoms with van der Waals surface area (Å²) < 4.78 is 0. The van der Waals surface area contributed by atoms with Gasteiger partial charge in [0.2, 0.25) is 11.8 Å². The van der Waals surface area contributed by atoms with Gasteiger partial charge >= 0.3 is 0 Å². The van der Waals surface area contributed by atoms with Crippen LogP contribution in [0.3, 0.4) is 0 Å². The Kier molecular flexibility index (Phi) is 3.43. The molecule has 2 unspecified atom stereocenters. The maximum atomic E-state index is 12.0. The molecule has 1 aromatic carbocycles. The molecule has 2 aliphatic heterocycles. The number of nitrogens with one attached hydrogen (secondary N) is 3. The van der Waals surface area contributed by atoms with Crippen molar-refractivity contribution >= 4 is 35.6 Å². The first-order valence-corrected chi connectivity index (χ1v) is 5.67. The molecule has 3 N–H and O–H groups in total. The Morgan fingerprint density at radius 1 is 1.11 bits per heavy atom. The van der Waals surface area contributed by atoms with Crippen LogP contribution in [0.5, 0.6) is 0 Å². The topological polar surface area (TPSA) is 70.2 Å². The first-order chi connectivity index (χ1) is 8.24. The van der Waals surface area contributed by atoms with Crippen LogP contribution in [-0.2, 0) is 9.59 Å². The minimum Gasteiger partial charge on any atom is -0.383 e. The number of benzene rings is 1. The molecule has 0 bridgehead atoms. The van der Waals surface area contributed by atoms with Gasteiger partial charge in [-0.05, 0) is 12.1 Å². The minimum atomic E-state index is -0.414. The third-order valence-corrected chi connectivity index (χ3v) is 3.26. The summed E-state index contributed by atoms with van der Waals surface area (Å²) in [5, 5.41) is 8.82. The quantitative estimate of drug-likeness (QED) is 0.656. The molecule has 2 atom stereocenters. The molecule has 6 heteroatoms. The fourth-order valence-electron chi connectivity index (χ4n) is 2.37. The molecule has 1 saturated heterocycles. The Morgan fingerprint density at radius 2 is 1.83 bits per heavy atom. The van der Waals surface area contributed by atoms with Gasteiger partial charge in [-0.15, -0.1) is 12.4 Å². The number of fused-ring (bicyclic) bond motifs is 2. The Hall–Kier alpha value is -1.75. The highest BCUT2D eigenvalue weighted by Crippen LogP contribution is 2.27. The fourth-order valence-corrected chi connectivity index (χ4v) is 2.37. The largest absolute Gasteiger partial charge is 0.383 e. The van der Waals surface area contributed by atoms with Crippen LogP contribution in [0.2, 0.25) is 0 Å². The second kappa shape index (κ2) is 4.86. The van der Waals surface area contributed by atoms with Crippen molar-refractivity contribution in [1.82, 2.24) is 5.32 Å². The maximum Gasteiger partial charge on any atom is 0.247 e. The highest BCUT2D eigenvalue weighted by molar-refractivity contribution is 6.01. The average Bonchev–Trinajstić information content (AvgIpc) is 2.67. The van der Waals surface area contributed by atoms with E-state index in [1.165, 1.54) is 0 Å². The summed E-state index contributed by atoms with van der Waals surface area (Å²) in [5.41, 5.74) is 1.66. The number of hydrogen-bond donors (Lipinski definition) is 3. The summed E-state index contributed by atoms with van der Waals surface area (Å²) in [5.74, 6) is -0.159. The van der Waals surface area contributed by atoms with Gasteiger partial charge in [-0.25, -0.2) is 0 Å². The van der Waals surface area contributed by atoms with Gasteiger partial charge in [0.15, 0.2) is 0 Å². The third kappa shape index (κ3) is 2.13. The van der Waals surface area contributed by atoms with E-state index in [2.05, 4.69) is 16.0 Å². The van der Waals surface area contributed by atoms with Crippen LogP contribution in [-0.4, -0.2) is 24.4 Å². The SMILES string of the molecule is Cl.O=C1CC2CNc3ccccc3NC(=O)C2N1. The zero-order valence-electron chi connectivity index (χ0n) is 9.60. The monoisotopic (exact) mass is 267 g/mol. The zero-order valence-corrected chi connectivity index (χ0v) is 10.4. The fraction of sp³-hybridized carbons (Fsp3) is 0.333. The van der Waals surface area contributed by atoms with Gasteiger partial charge in [-0.1, -0.05) is 12.1 Å². The second-order valence-corrected chi connectivity index (χ2v) is 4.43. The molecule has 96 valence electrons. The predicted octanol–water partition coefficient (Wildman–Crippen LogP) is 0.977. The molecule has 2 amide bonds. The molecule has 3 rings (SSSR count). The van der Waals surface area contributed by atoms with E-state index in [9.17, 15) is 9.59 Å². The number of anilines is 2. The Balaban J connectivity index is 0.00000120. The summed E-state index contributed by atoms with van der Waals surface area (Å²) >= 11 is 0. The molecule has 0 spiro atoms. The standard InChI is InChI=1S/C12H13N3O2.ClH/c16-10-5-7-6-13-8-3-1-2-4-9(8)14-12(17)11(7)15-10;/h1-4,7,11,13H,5-6H2,(H,14,17)(H,15,16);1H. The molecule has 5 nitrogen and oxygen atoms in total. The Bertz CT molecular complexity index is 492. The van der Waals surface area contributed by atoms with Crippen LogP contribution in [0.15, 0.2) is 24.3 Å². The third-order valence-electron chi connectivity index (χ3n) is 3.26. The van der Waals surface area contributed by atoms with Crippen LogP contribution >= 0.6 is 12.4 Å². The molecule has 1 aromatic rings. The van der Waals surface area contributed by atoms with Crippen molar-refractivity contribution < 1.29 is 9.59 Å². The van der Waals surface area contributed by atoms with E-state index in [-0.39, 0.29) is 30.1 Å². The number of halogens is 1. The van der Waals surface area contributed by atoms with E-state index in [4.69, 9.17) is 0 Å². The number of carbonyl (C=O) groups excluding carboxylic acids is 2.